The van der Waals surface area contributed by atoms with Gasteiger partial charge in [-0.25, -0.2) is 0 Å². The standard InChI is InChI=1S/C21H28N2O2.3C2H6/c1-16(24)20(22-2)12-5-6-15-23-21(25)14-13-18-10-7-9-17-8-3-4-11-19(17)18;3*1-2/h3-4,7-11,20,22H,5-6,12-15H2,1-2H3,(H,23,25);3*1-2H3. The first kappa shape index (κ1) is 31.0. The zero-order valence-electron chi connectivity index (χ0n) is 21.2. The van der Waals surface area contributed by atoms with Gasteiger partial charge in [-0.15, -0.1) is 0 Å². The van der Waals surface area contributed by atoms with Crippen molar-refractivity contribution in [1.82, 2.24) is 10.6 Å². The topological polar surface area (TPSA) is 58.2 Å². The number of nitrogens with one attached hydrogen (secondary N) is 2. The summed E-state index contributed by atoms with van der Waals surface area (Å²) in [6.07, 6.45) is 3.89. The summed E-state index contributed by atoms with van der Waals surface area (Å²) in [5.74, 6) is 0.256. The van der Waals surface area contributed by atoms with Gasteiger partial charge in [0.2, 0.25) is 5.91 Å². The number of aryl methyl sites for hydroxylation is 1. The minimum atomic E-state index is -0.0675. The van der Waals surface area contributed by atoms with E-state index in [1.807, 2.05) is 59.7 Å². The molecule has 0 heterocycles. The molecule has 0 bridgehead atoms. The Hall–Kier alpha value is -2.20. The summed E-state index contributed by atoms with van der Waals surface area (Å²) in [5.41, 5.74) is 1.21. The van der Waals surface area contributed by atoms with Crippen LogP contribution in [0.3, 0.4) is 0 Å². The molecular formula is C27H46N2O2. The lowest BCUT2D eigenvalue weighted by Crippen LogP contribution is -2.32. The van der Waals surface area contributed by atoms with E-state index in [0.29, 0.717) is 13.0 Å². The molecule has 2 aromatic rings. The molecule has 0 aliphatic rings. The number of carbonyl (C=O) groups is 2. The zero-order chi connectivity index (χ0) is 24.1. The van der Waals surface area contributed by atoms with Gasteiger partial charge < -0.3 is 10.6 Å². The maximum Gasteiger partial charge on any atom is 0.220 e. The van der Waals surface area contributed by atoms with Gasteiger partial charge in [0.15, 0.2) is 0 Å². The molecule has 2 aromatic carbocycles. The Morgan fingerprint density at radius 3 is 2.10 bits per heavy atom. The highest BCUT2D eigenvalue weighted by molar-refractivity contribution is 5.86. The van der Waals surface area contributed by atoms with Crippen LogP contribution >= 0.6 is 0 Å². The van der Waals surface area contributed by atoms with Crippen molar-refractivity contribution in [3.05, 3.63) is 48.0 Å². The molecule has 0 fully saturated rings. The van der Waals surface area contributed by atoms with Crippen LogP contribution in [-0.4, -0.2) is 31.3 Å². The van der Waals surface area contributed by atoms with Gasteiger partial charge in [0.05, 0.1) is 6.04 Å². The van der Waals surface area contributed by atoms with Crippen LogP contribution < -0.4 is 10.6 Å². The fraction of sp³-hybridized carbons (Fsp3) is 0.556. The van der Waals surface area contributed by atoms with Gasteiger partial charge in [-0.2, -0.15) is 0 Å². The van der Waals surface area contributed by atoms with E-state index in [1.165, 1.54) is 16.3 Å². The third-order valence-electron chi connectivity index (χ3n) is 4.58. The molecule has 0 saturated heterocycles. The summed E-state index contributed by atoms with van der Waals surface area (Å²) in [5, 5.41) is 8.43. The van der Waals surface area contributed by atoms with E-state index < -0.39 is 0 Å². The monoisotopic (exact) mass is 430 g/mol. The normalized spacial score (nSPS) is 10.3. The van der Waals surface area contributed by atoms with Gasteiger partial charge in [-0.1, -0.05) is 84.0 Å². The lowest BCUT2D eigenvalue weighted by Gasteiger charge is -2.12. The van der Waals surface area contributed by atoms with Crippen LogP contribution in [0.25, 0.3) is 10.8 Å². The molecule has 0 radical (unpaired) electrons. The molecule has 1 amide bonds. The van der Waals surface area contributed by atoms with Crippen molar-refractivity contribution in [3.8, 4) is 0 Å². The van der Waals surface area contributed by atoms with E-state index in [4.69, 9.17) is 0 Å². The number of benzene rings is 2. The first-order chi connectivity index (χ1) is 15.1. The molecular weight excluding hydrogens is 384 g/mol. The lowest BCUT2D eigenvalue weighted by molar-refractivity contribution is -0.121. The molecule has 0 aromatic heterocycles. The number of unbranched alkanes of at least 4 members (excludes halogenated alkanes) is 1. The lowest BCUT2D eigenvalue weighted by atomic mass is 10.0. The van der Waals surface area contributed by atoms with Crippen LogP contribution in [0.5, 0.6) is 0 Å². The Kier molecular flexibility index (Phi) is 21.0. The number of hydrogen-bond acceptors (Lipinski definition) is 3. The Morgan fingerprint density at radius 2 is 1.48 bits per heavy atom. The first-order valence-corrected chi connectivity index (χ1v) is 12.0. The number of amides is 1. The molecule has 0 aliphatic carbocycles. The van der Waals surface area contributed by atoms with Gasteiger partial charge in [-0.3, -0.25) is 9.59 Å². The predicted molar refractivity (Wildman–Crippen MR) is 137 cm³/mol. The van der Waals surface area contributed by atoms with Crippen molar-refractivity contribution in [1.29, 1.82) is 0 Å². The Labute approximate surface area is 191 Å². The smallest absolute Gasteiger partial charge is 0.220 e. The highest BCUT2D eigenvalue weighted by Gasteiger charge is 2.10. The third kappa shape index (κ3) is 13.0. The maximum atomic E-state index is 12.0. The zero-order valence-corrected chi connectivity index (χ0v) is 21.2. The van der Waals surface area contributed by atoms with E-state index in [2.05, 4.69) is 34.9 Å². The molecule has 0 spiro atoms. The minimum absolute atomic E-state index is 0.0675. The Balaban J connectivity index is 0. The van der Waals surface area contributed by atoms with Crippen molar-refractivity contribution >= 4 is 22.5 Å². The molecule has 1 unspecified atom stereocenters. The average Bonchev–Trinajstić information content (AvgIpc) is 2.83. The van der Waals surface area contributed by atoms with Gasteiger partial charge >= 0.3 is 0 Å². The first-order valence-electron chi connectivity index (χ1n) is 12.0. The predicted octanol–water partition coefficient (Wildman–Crippen LogP) is 6.31. The molecule has 31 heavy (non-hydrogen) atoms. The molecule has 4 nitrogen and oxygen atoms in total. The summed E-state index contributed by atoms with van der Waals surface area (Å²) < 4.78 is 0. The van der Waals surface area contributed by atoms with Gasteiger partial charge in [0.1, 0.15) is 5.78 Å². The van der Waals surface area contributed by atoms with Crippen LogP contribution in [0.1, 0.15) is 79.7 Å². The second-order valence-corrected chi connectivity index (χ2v) is 6.44. The summed E-state index contributed by atoms with van der Waals surface area (Å²) in [7, 11) is 1.81. The van der Waals surface area contributed by atoms with Crippen molar-refractivity contribution < 1.29 is 9.59 Å². The molecule has 4 heteroatoms. The highest BCUT2D eigenvalue weighted by atomic mass is 16.1. The van der Waals surface area contributed by atoms with Crippen molar-refractivity contribution in [2.45, 2.75) is 86.6 Å². The van der Waals surface area contributed by atoms with Crippen molar-refractivity contribution in [2.75, 3.05) is 13.6 Å². The fourth-order valence-electron chi connectivity index (χ4n) is 3.10. The molecule has 1 atom stereocenters. The SMILES string of the molecule is CC.CC.CC.CNC(CCCCNC(=O)CCc1cccc2ccccc12)C(C)=O. The van der Waals surface area contributed by atoms with E-state index >= 15 is 0 Å². The van der Waals surface area contributed by atoms with Gasteiger partial charge in [-0.05, 0) is 56.0 Å². The summed E-state index contributed by atoms with van der Waals surface area (Å²) in [6, 6.07) is 14.4. The van der Waals surface area contributed by atoms with Crippen molar-refractivity contribution in [2.24, 2.45) is 0 Å². The second kappa shape index (κ2) is 21.0. The number of rotatable bonds is 10. The summed E-state index contributed by atoms with van der Waals surface area (Å²) in [6.45, 7) is 14.3. The number of Topliss-reactive ketones (excluding diaryl/α,β-unsaturated/α-hetero) is 1. The fourth-order valence-corrected chi connectivity index (χ4v) is 3.10. The van der Waals surface area contributed by atoms with E-state index in [9.17, 15) is 9.59 Å². The van der Waals surface area contributed by atoms with Crippen LogP contribution in [0.15, 0.2) is 42.5 Å². The number of carbonyl (C=O) groups excluding carboxylic acids is 2. The third-order valence-corrected chi connectivity index (χ3v) is 4.58. The number of ketones is 1. The van der Waals surface area contributed by atoms with E-state index in [1.54, 1.807) is 14.0 Å². The summed E-state index contributed by atoms with van der Waals surface area (Å²) in [4.78, 5) is 23.4. The Bertz CT molecular complexity index is 708. The largest absolute Gasteiger partial charge is 0.356 e. The second-order valence-electron chi connectivity index (χ2n) is 6.44. The van der Waals surface area contributed by atoms with E-state index in [-0.39, 0.29) is 17.7 Å². The van der Waals surface area contributed by atoms with Gasteiger partial charge in [0, 0.05) is 13.0 Å². The Morgan fingerprint density at radius 1 is 0.871 bits per heavy atom. The van der Waals surface area contributed by atoms with Crippen LogP contribution in [0.2, 0.25) is 0 Å². The highest BCUT2D eigenvalue weighted by Crippen LogP contribution is 2.19. The molecule has 176 valence electrons. The maximum absolute atomic E-state index is 12.0. The van der Waals surface area contributed by atoms with E-state index in [0.717, 1.165) is 25.7 Å². The van der Waals surface area contributed by atoms with Crippen molar-refractivity contribution in [3.63, 3.8) is 0 Å². The van der Waals surface area contributed by atoms with Crippen LogP contribution in [0, 0.1) is 0 Å². The van der Waals surface area contributed by atoms with Crippen LogP contribution in [-0.2, 0) is 16.0 Å². The number of fused-ring (bicyclic) bond motifs is 1. The minimum Gasteiger partial charge on any atom is -0.356 e. The number of hydrogen-bond donors (Lipinski definition) is 2. The molecule has 2 N–H and O–H groups in total. The van der Waals surface area contributed by atoms with Crippen LogP contribution in [0.4, 0.5) is 0 Å². The molecule has 0 aliphatic heterocycles. The number of likely N-dealkylation sites (N-methyl/N-ethyl adjacent to an activating group) is 1. The van der Waals surface area contributed by atoms with Gasteiger partial charge in [0.25, 0.3) is 0 Å². The average molecular weight is 431 g/mol. The summed E-state index contributed by atoms with van der Waals surface area (Å²) >= 11 is 0. The molecule has 2 rings (SSSR count). The quantitative estimate of drug-likeness (QED) is 0.434. The molecule has 0 saturated carbocycles.